The van der Waals surface area contributed by atoms with Gasteiger partial charge in [-0.25, -0.2) is 4.79 Å². The molecule has 1 aromatic heterocycles. The van der Waals surface area contributed by atoms with Gasteiger partial charge in [0.05, 0.1) is 12.1 Å². The highest BCUT2D eigenvalue weighted by atomic mass is 19.4. The van der Waals surface area contributed by atoms with E-state index in [4.69, 9.17) is 0 Å². The summed E-state index contributed by atoms with van der Waals surface area (Å²) < 4.78 is 37.4. The van der Waals surface area contributed by atoms with E-state index in [1.165, 1.54) is 13.2 Å². The summed E-state index contributed by atoms with van der Waals surface area (Å²) >= 11 is 0. The van der Waals surface area contributed by atoms with Crippen LogP contribution in [0, 0.1) is 11.8 Å². The van der Waals surface area contributed by atoms with Crippen molar-refractivity contribution in [3.63, 3.8) is 0 Å². The molecule has 10 heteroatoms. The van der Waals surface area contributed by atoms with Crippen molar-refractivity contribution in [1.82, 2.24) is 14.9 Å². The minimum absolute atomic E-state index is 0.0997. The summed E-state index contributed by atoms with van der Waals surface area (Å²) in [6, 6.07) is 8.12. The quantitative estimate of drug-likeness (QED) is 0.782. The van der Waals surface area contributed by atoms with Crippen LogP contribution in [0.4, 0.5) is 19.0 Å². The summed E-state index contributed by atoms with van der Waals surface area (Å²) in [5.74, 6) is 2.00. The molecule has 2 amide bonds. The van der Waals surface area contributed by atoms with Crippen molar-refractivity contribution in [2.75, 3.05) is 11.9 Å². The van der Waals surface area contributed by atoms with Crippen molar-refractivity contribution in [2.45, 2.75) is 6.18 Å². The predicted octanol–water partition coefficient (Wildman–Crippen LogP) is 1.06. The minimum Gasteiger partial charge on any atom is -0.337 e. The largest absolute Gasteiger partial charge is 0.471 e. The van der Waals surface area contributed by atoms with Crippen LogP contribution in [0.5, 0.6) is 0 Å². The topological polar surface area (TPSA) is 93.1 Å². The van der Waals surface area contributed by atoms with E-state index >= 15 is 0 Å². The first-order chi connectivity index (χ1) is 12.7. The second-order valence-corrected chi connectivity index (χ2v) is 5.20. The van der Waals surface area contributed by atoms with Crippen LogP contribution in [-0.4, -0.2) is 34.1 Å². The van der Waals surface area contributed by atoms with Gasteiger partial charge in [0, 0.05) is 18.8 Å². The molecule has 0 aliphatic rings. The Morgan fingerprint density at radius 3 is 2.52 bits per heavy atom. The van der Waals surface area contributed by atoms with E-state index in [-0.39, 0.29) is 11.4 Å². The lowest BCUT2D eigenvalue weighted by Crippen LogP contribution is -2.36. The molecule has 0 spiro atoms. The van der Waals surface area contributed by atoms with Gasteiger partial charge in [-0.15, -0.1) is 0 Å². The van der Waals surface area contributed by atoms with Crippen LogP contribution >= 0.6 is 0 Å². The Kier molecular flexibility index (Phi) is 5.97. The molecule has 0 saturated heterocycles. The van der Waals surface area contributed by atoms with E-state index in [2.05, 4.69) is 22.1 Å². The molecule has 0 aliphatic heterocycles. The zero-order valence-corrected chi connectivity index (χ0v) is 13.9. The van der Waals surface area contributed by atoms with E-state index in [9.17, 15) is 27.6 Å². The van der Waals surface area contributed by atoms with Gasteiger partial charge in [0.1, 0.15) is 0 Å². The summed E-state index contributed by atoms with van der Waals surface area (Å²) in [7, 11) is 1.40. The van der Waals surface area contributed by atoms with Crippen LogP contribution in [0.3, 0.4) is 0 Å². The van der Waals surface area contributed by atoms with Gasteiger partial charge in [-0.2, -0.15) is 18.2 Å². The third-order valence-electron chi connectivity index (χ3n) is 3.17. The molecular weight excluding hydrogens is 365 g/mol. The highest BCUT2D eigenvalue weighted by Gasteiger charge is 2.38. The van der Waals surface area contributed by atoms with Crippen LogP contribution in [-0.2, 0) is 11.8 Å². The first-order valence-corrected chi connectivity index (χ1v) is 7.46. The molecule has 0 bridgehead atoms. The van der Waals surface area contributed by atoms with Crippen molar-refractivity contribution in [1.29, 1.82) is 0 Å². The van der Waals surface area contributed by atoms with E-state index in [0.717, 1.165) is 4.57 Å². The van der Waals surface area contributed by atoms with Gasteiger partial charge in [0.25, 0.3) is 5.91 Å². The monoisotopic (exact) mass is 378 g/mol. The van der Waals surface area contributed by atoms with Crippen molar-refractivity contribution in [3.8, 4) is 11.8 Å². The van der Waals surface area contributed by atoms with Crippen LogP contribution < -0.4 is 16.3 Å². The third kappa shape index (κ3) is 5.43. The third-order valence-corrected chi connectivity index (χ3v) is 3.17. The molecule has 27 heavy (non-hydrogen) atoms. The van der Waals surface area contributed by atoms with E-state index < -0.39 is 30.2 Å². The number of anilines is 1. The SMILES string of the molecule is Cn1cc(C#CCNC(=O)C(F)(F)F)c(NC(=O)c2ccccc2)nc1=O. The van der Waals surface area contributed by atoms with Gasteiger partial charge in [-0.05, 0) is 12.1 Å². The first-order valence-electron chi connectivity index (χ1n) is 7.46. The molecular formula is C17H13F3N4O3. The molecule has 0 aliphatic carbocycles. The molecule has 1 heterocycles. The zero-order chi connectivity index (χ0) is 20.0. The lowest BCUT2D eigenvalue weighted by molar-refractivity contribution is -0.173. The fraction of sp³-hybridized carbons (Fsp3) is 0.176. The Bertz CT molecular complexity index is 973. The number of carbonyl (C=O) groups is 2. The number of benzene rings is 1. The van der Waals surface area contributed by atoms with E-state index in [0.29, 0.717) is 5.56 Å². The Balaban J connectivity index is 2.21. The van der Waals surface area contributed by atoms with Crippen molar-refractivity contribution in [3.05, 3.63) is 58.1 Å². The van der Waals surface area contributed by atoms with Crippen LogP contribution in [0.15, 0.2) is 41.3 Å². The predicted molar refractivity (Wildman–Crippen MR) is 89.8 cm³/mol. The van der Waals surface area contributed by atoms with Crippen molar-refractivity contribution in [2.24, 2.45) is 7.05 Å². The fourth-order valence-corrected chi connectivity index (χ4v) is 1.86. The Morgan fingerprint density at radius 2 is 1.89 bits per heavy atom. The van der Waals surface area contributed by atoms with Gasteiger partial charge in [-0.3, -0.25) is 9.59 Å². The number of nitrogens with zero attached hydrogens (tertiary/aromatic N) is 2. The number of carbonyl (C=O) groups excluding carboxylic acids is 2. The molecule has 0 fully saturated rings. The number of rotatable bonds is 3. The van der Waals surface area contributed by atoms with Gasteiger partial charge < -0.3 is 15.2 Å². The molecule has 2 rings (SSSR count). The molecule has 2 N–H and O–H groups in total. The smallest absolute Gasteiger partial charge is 0.337 e. The molecule has 0 unspecified atom stereocenters. The second kappa shape index (κ2) is 8.18. The molecule has 0 saturated carbocycles. The fourth-order valence-electron chi connectivity index (χ4n) is 1.86. The highest BCUT2D eigenvalue weighted by molar-refractivity contribution is 6.04. The number of hydrogen-bond acceptors (Lipinski definition) is 4. The van der Waals surface area contributed by atoms with Crippen LogP contribution in [0.1, 0.15) is 15.9 Å². The van der Waals surface area contributed by atoms with Crippen molar-refractivity contribution < 1.29 is 22.8 Å². The number of aromatic nitrogens is 2. The maximum atomic E-state index is 12.2. The number of nitrogens with one attached hydrogen (secondary N) is 2. The average Bonchev–Trinajstić information content (AvgIpc) is 2.62. The number of aryl methyl sites for hydroxylation is 1. The normalized spacial score (nSPS) is 10.5. The Hall–Kier alpha value is -3.61. The maximum absolute atomic E-state index is 12.2. The van der Waals surface area contributed by atoms with Crippen LogP contribution in [0.2, 0.25) is 0 Å². The Morgan fingerprint density at radius 1 is 1.22 bits per heavy atom. The van der Waals surface area contributed by atoms with Gasteiger partial charge in [0.2, 0.25) is 0 Å². The summed E-state index contributed by atoms with van der Waals surface area (Å²) in [4.78, 5) is 38.3. The molecule has 1 aromatic carbocycles. The van der Waals surface area contributed by atoms with Crippen LogP contribution in [0.25, 0.3) is 0 Å². The number of hydrogen-bond donors (Lipinski definition) is 2. The summed E-state index contributed by atoms with van der Waals surface area (Å²) in [6.45, 7) is -0.576. The molecule has 7 nitrogen and oxygen atoms in total. The molecule has 140 valence electrons. The second-order valence-electron chi connectivity index (χ2n) is 5.20. The number of amides is 2. The summed E-state index contributed by atoms with van der Waals surface area (Å²) in [6.07, 6.45) is -3.73. The number of alkyl halides is 3. The lowest BCUT2D eigenvalue weighted by Gasteiger charge is -2.08. The zero-order valence-electron chi connectivity index (χ0n) is 13.9. The summed E-state index contributed by atoms with van der Waals surface area (Å²) in [5.41, 5.74) is -0.242. The average molecular weight is 378 g/mol. The number of halogens is 3. The van der Waals surface area contributed by atoms with Crippen molar-refractivity contribution >= 4 is 17.6 Å². The van der Waals surface area contributed by atoms with Gasteiger partial charge in [-0.1, -0.05) is 30.0 Å². The summed E-state index contributed by atoms with van der Waals surface area (Å²) in [5, 5.41) is 4.03. The molecule has 0 radical (unpaired) electrons. The standard InChI is InChI=1S/C17H13F3N4O3/c1-24-10-12(8-5-9-21-15(26)17(18,19)20)13(23-16(24)27)22-14(25)11-6-3-2-4-7-11/h2-4,6-7,10H,9H2,1H3,(H,21,26)(H,22,23,25,27). The van der Waals surface area contributed by atoms with E-state index in [1.807, 2.05) is 0 Å². The lowest BCUT2D eigenvalue weighted by atomic mass is 10.2. The maximum Gasteiger partial charge on any atom is 0.471 e. The van der Waals surface area contributed by atoms with Gasteiger partial charge >= 0.3 is 17.8 Å². The first kappa shape index (κ1) is 19.7. The van der Waals surface area contributed by atoms with E-state index in [1.54, 1.807) is 35.6 Å². The molecule has 2 aromatic rings. The highest BCUT2D eigenvalue weighted by Crippen LogP contribution is 2.14. The Labute approximate surface area is 151 Å². The van der Waals surface area contributed by atoms with Gasteiger partial charge in [0.15, 0.2) is 5.82 Å². The molecule has 0 atom stereocenters. The minimum atomic E-state index is -5.01.